The Hall–Kier alpha value is -2.93. The molecule has 2 aromatic carbocycles. The Bertz CT molecular complexity index is 1030. The molecule has 148 valence electrons. The second-order valence-corrected chi connectivity index (χ2v) is 8.02. The van der Waals surface area contributed by atoms with Crippen LogP contribution in [0, 0.1) is 0 Å². The van der Waals surface area contributed by atoms with Crippen LogP contribution in [0.25, 0.3) is 0 Å². The van der Waals surface area contributed by atoms with Gasteiger partial charge in [-0.15, -0.1) is 10.2 Å². The van der Waals surface area contributed by atoms with E-state index in [4.69, 9.17) is 0 Å². The molecule has 0 spiro atoms. The number of hydrazone groups is 1. The SMILES string of the molecule is Cn1cnnc1SCc1ccc(C(=O)N/N=C2/CCCCc3ccccc32)cc1. The molecule has 6 nitrogen and oxygen atoms in total. The van der Waals surface area contributed by atoms with Crippen molar-refractivity contribution in [2.75, 3.05) is 0 Å². The molecule has 0 saturated carbocycles. The molecule has 0 unspecified atom stereocenters. The van der Waals surface area contributed by atoms with Gasteiger partial charge in [0.25, 0.3) is 5.91 Å². The Morgan fingerprint density at radius 2 is 1.93 bits per heavy atom. The van der Waals surface area contributed by atoms with Crippen molar-refractivity contribution in [2.45, 2.75) is 36.6 Å². The minimum Gasteiger partial charge on any atom is -0.312 e. The average molecular weight is 406 g/mol. The number of carbonyl (C=O) groups excluding carboxylic acids is 1. The number of thioether (sulfide) groups is 1. The average Bonchev–Trinajstić information content (AvgIpc) is 3.05. The minimum absolute atomic E-state index is 0.188. The number of hydrogen-bond donors (Lipinski definition) is 1. The van der Waals surface area contributed by atoms with Crippen LogP contribution in [0.2, 0.25) is 0 Å². The molecule has 3 aromatic rings. The van der Waals surface area contributed by atoms with Gasteiger partial charge in [0.1, 0.15) is 6.33 Å². The Morgan fingerprint density at radius 3 is 2.72 bits per heavy atom. The van der Waals surface area contributed by atoms with Gasteiger partial charge in [-0.1, -0.05) is 48.2 Å². The molecule has 7 heteroatoms. The van der Waals surface area contributed by atoms with Crippen molar-refractivity contribution in [2.24, 2.45) is 12.1 Å². The van der Waals surface area contributed by atoms with Crippen molar-refractivity contribution >= 4 is 23.4 Å². The first-order chi connectivity index (χ1) is 14.2. The first-order valence-corrected chi connectivity index (χ1v) is 10.7. The first kappa shape index (κ1) is 19.4. The number of fused-ring (bicyclic) bond motifs is 1. The summed E-state index contributed by atoms with van der Waals surface area (Å²) in [6, 6.07) is 15.9. The fourth-order valence-electron chi connectivity index (χ4n) is 3.36. The van der Waals surface area contributed by atoms with Crippen LogP contribution in [0.15, 0.2) is 65.1 Å². The lowest BCUT2D eigenvalue weighted by molar-refractivity contribution is 0.0955. The molecule has 0 saturated heterocycles. The van der Waals surface area contributed by atoms with Crippen molar-refractivity contribution in [3.8, 4) is 0 Å². The molecule has 1 aromatic heterocycles. The van der Waals surface area contributed by atoms with Crippen molar-refractivity contribution < 1.29 is 4.79 Å². The fourth-order valence-corrected chi connectivity index (χ4v) is 4.21. The van der Waals surface area contributed by atoms with Crippen LogP contribution in [-0.2, 0) is 19.2 Å². The van der Waals surface area contributed by atoms with E-state index in [1.165, 1.54) is 5.56 Å². The maximum atomic E-state index is 12.5. The van der Waals surface area contributed by atoms with Crippen LogP contribution in [0.3, 0.4) is 0 Å². The quantitative estimate of drug-likeness (QED) is 0.396. The Kier molecular flexibility index (Phi) is 6.05. The summed E-state index contributed by atoms with van der Waals surface area (Å²) in [5, 5.41) is 13.3. The summed E-state index contributed by atoms with van der Waals surface area (Å²) in [5.41, 5.74) is 7.89. The van der Waals surface area contributed by atoms with Gasteiger partial charge >= 0.3 is 0 Å². The van der Waals surface area contributed by atoms with Gasteiger partial charge in [0, 0.05) is 23.9 Å². The maximum Gasteiger partial charge on any atom is 0.271 e. The van der Waals surface area contributed by atoms with Gasteiger partial charge in [-0.05, 0) is 48.9 Å². The van der Waals surface area contributed by atoms with Gasteiger partial charge in [0.2, 0.25) is 0 Å². The van der Waals surface area contributed by atoms with E-state index in [1.807, 2.05) is 41.9 Å². The van der Waals surface area contributed by atoms with Crippen LogP contribution in [0.1, 0.15) is 46.3 Å². The molecule has 1 N–H and O–H groups in total. The van der Waals surface area contributed by atoms with Crippen LogP contribution in [0.4, 0.5) is 0 Å². The summed E-state index contributed by atoms with van der Waals surface area (Å²) in [6.45, 7) is 0. The summed E-state index contributed by atoms with van der Waals surface area (Å²) in [4.78, 5) is 12.5. The highest BCUT2D eigenvalue weighted by Gasteiger charge is 2.14. The molecule has 0 aliphatic heterocycles. The normalized spacial score (nSPS) is 15.0. The van der Waals surface area contributed by atoms with E-state index in [-0.39, 0.29) is 5.91 Å². The Morgan fingerprint density at radius 1 is 1.14 bits per heavy atom. The molecule has 4 rings (SSSR count). The molecule has 29 heavy (non-hydrogen) atoms. The van der Waals surface area contributed by atoms with E-state index >= 15 is 0 Å². The largest absolute Gasteiger partial charge is 0.312 e. The number of amides is 1. The van der Waals surface area contributed by atoms with E-state index in [9.17, 15) is 4.79 Å². The molecule has 0 radical (unpaired) electrons. The number of benzene rings is 2. The van der Waals surface area contributed by atoms with Gasteiger partial charge < -0.3 is 4.57 Å². The zero-order valence-corrected chi connectivity index (χ0v) is 17.2. The smallest absolute Gasteiger partial charge is 0.271 e. The zero-order chi connectivity index (χ0) is 20.1. The monoisotopic (exact) mass is 405 g/mol. The standard InChI is InChI=1S/C22H23N5OS/c1-27-15-23-26-22(27)29-14-16-10-12-18(13-11-16)21(28)25-24-20-9-5-3-7-17-6-2-4-8-19(17)20/h2,4,6,8,10-13,15H,3,5,7,9,14H2,1H3,(H,25,28)/b24-20-. The number of aromatic nitrogens is 3. The minimum atomic E-state index is -0.188. The van der Waals surface area contributed by atoms with Crippen molar-refractivity contribution in [1.29, 1.82) is 0 Å². The summed E-state index contributed by atoms with van der Waals surface area (Å²) in [6.07, 6.45) is 5.87. The summed E-state index contributed by atoms with van der Waals surface area (Å²) in [5.74, 6) is 0.583. The second-order valence-electron chi connectivity index (χ2n) is 7.07. The van der Waals surface area contributed by atoms with Gasteiger partial charge in [0.15, 0.2) is 5.16 Å². The van der Waals surface area contributed by atoms with E-state index in [0.29, 0.717) is 5.56 Å². The van der Waals surface area contributed by atoms with Crippen molar-refractivity contribution in [3.05, 3.63) is 77.1 Å². The number of nitrogens with one attached hydrogen (secondary N) is 1. The van der Waals surface area contributed by atoms with Crippen LogP contribution < -0.4 is 5.43 Å². The zero-order valence-electron chi connectivity index (χ0n) is 16.3. The van der Waals surface area contributed by atoms with Crippen LogP contribution in [0.5, 0.6) is 0 Å². The Labute approximate surface area is 174 Å². The molecular formula is C22H23N5OS. The summed E-state index contributed by atoms with van der Waals surface area (Å²) < 4.78 is 1.89. The highest BCUT2D eigenvalue weighted by molar-refractivity contribution is 7.98. The van der Waals surface area contributed by atoms with E-state index in [1.54, 1.807) is 18.1 Å². The van der Waals surface area contributed by atoms with Crippen LogP contribution in [-0.4, -0.2) is 26.4 Å². The van der Waals surface area contributed by atoms with E-state index in [0.717, 1.165) is 53.4 Å². The molecule has 1 heterocycles. The molecule has 1 amide bonds. The topological polar surface area (TPSA) is 72.2 Å². The number of carbonyl (C=O) groups is 1. The highest BCUT2D eigenvalue weighted by Crippen LogP contribution is 2.21. The highest BCUT2D eigenvalue weighted by atomic mass is 32.2. The molecule has 1 aliphatic rings. The van der Waals surface area contributed by atoms with Gasteiger partial charge in [-0.25, -0.2) is 5.43 Å². The first-order valence-electron chi connectivity index (χ1n) is 9.71. The summed E-state index contributed by atoms with van der Waals surface area (Å²) in [7, 11) is 1.92. The number of nitrogens with zero attached hydrogens (tertiary/aromatic N) is 4. The predicted octanol–water partition coefficient (Wildman–Crippen LogP) is 3.97. The third kappa shape index (κ3) is 4.74. The Balaban J connectivity index is 1.40. The molecular weight excluding hydrogens is 382 g/mol. The second kappa shape index (κ2) is 9.05. The third-order valence-corrected chi connectivity index (χ3v) is 6.09. The number of rotatable bonds is 5. The molecule has 0 bridgehead atoms. The fraction of sp³-hybridized carbons (Fsp3) is 0.273. The molecule has 0 fully saturated rings. The van der Waals surface area contributed by atoms with E-state index in [2.05, 4.69) is 38.9 Å². The number of hydrogen-bond acceptors (Lipinski definition) is 5. The predicted molar refractivity (Wildman–Crippen MR) is 115 cm³/mol. The third-order valence-electron chi connectivity index (χ3n) is 4.98. The lowest BCUT2D eigenvalue weighted by Gasteiger charge is -2.08. The lowest BCUT2D eigenvalue weighted by Crippen LogP contribution is -2.20. The van der Waals surface area contributed by atoms with E-state index < -0.39 is 0 Å². The lowest BCUT2D eigenvalue weighted by atomic mass is 10.0. The summed E-state index contributed by atoms with van der Waals surface area (Å²) >= 11 is 1.61. The van der Waals surface area contributed by atoms with Crippen molar-refractivity contribution in [3.63, 3.8) is 0 Å². The number of aryl methyl sites for hydroxylation is 2. The van der Waals surface area contributed by atoms with Gasteiger partial charge in [-0.3, -0.25) is 4.79 Å². The molecule has 1 aliphatic carbocycles. The molecule has 0 atom stereocenters. The van der Waals surface area contributed by atoms with Crippen LogP contribution >= 0.6 is 11.8 Å². The van der Waals surface area contributed by atoms with Gasteiger partial charge in [0.05, 0.1) is 5.71 Å². The maximum absolute atomic E-state index is 12.5. The van der Waals surface area contributed by atoms with Crippen molar-refractivity contribution in [1.82, 2.24) is 20.2 Å². The van der Waals surface area contributed by atoms with Gasteiger partial charge in [-0.2, -0.15) is 5.10 Å².